The van der Waals surface area contributed by atoms with Crippen molar-refractivity contribution in [1.29, 1.82) is 5.26 Å². The number of carbonyl (C=O) groups excluding carboxylic acids is 2. The third-order valence-electron chi connectivity index (χ3n) is 4.36. The normalized spacial score (nSPS) is 10.4. The molecule has 2 aromatic carbocycles. The molecule has 1 heterocycles. The van der Waals surface area contributed by atoms with E-state index in [1.54, 1.807) is 18.2 Å². The number of hydrazine groups is 1. The molecule has 0 fully saturated rings. The van der Waals surface area contributed by atoms with E-state index in [4.69, 9.17) is 5.26 Å². The molecule has 142 valence electrons. The van der Waals surface area contributed by atoms with Gasteiger partial charge in [-0.3, -0.25) is 20.4 Å². The molecule has 0 saturated carbocycles. The van der Waals surface area contributed by atoms with Crippen molar-refractivity contribution in [2.45, 2.75) is 32.7 Å². The number of rotatable bonds is 6. The highest BCUT2D eigenvalue weighted by Gasteiger charge is 2.14. The molecule has 0 spiro atoms. The first kappa shape index (κ1) is 19.1. The average Bonchev–Trinajstić information content (AvgIpc) is 3.07. The van der Waals surface area contributed by atoms with Gasteiger partial charge in [-0.1, -0.05) is 31.5 Å². The van der Waals surface area contributed by atoms with Crippen LogP contribution < -0.4 is 10.9 Å². The molecule has 0 aliphatic rings. The molecular formula is C21H21N5O2. The number of aryl methyl sites for hydroxylation is 1. The lowest BCUT2D eigenvalue weighted by molar-refractivity contribution is -0.122. The van der Waals surface area contributed by atoms with E-state index < -0.39 is 5.91 Å². The third-order valence-corrected chi connectivity index (χ3v) is 4.36. The number of unbranched alkanes of at least 4 members (excludes halogenated alkanes) is 1. The lowest BCUT2D eigenvalue weighted by Gasteiger charge is -2.11. The monoisotopic (exact) mass is 375 g/mol. The van der Waals surface area contributed by atoms with E-state index in [0.717, 1.165) is 36.1 Å². The van der Waals surface area contributed by atoms with E-state index in [-0.39, 0.29) is 12.5 Å². The number of imidazole rings is 1. The fourth-order valence-corrected chi connectivity index (χ4v) is 2.94. The summed E-state index contributed by atoms with van der Waals surface area (Å²) in [7, 11) is 0. The number of fused-ring (bicyclic) bond motifs is 1. The zero-order valence-corrected chi connectivity index (χ0v) is 15.6. The maximum Gasteiger partial charge on any atom is 0.269 e. The van der Waals surface area contributed by atoms with Crippen molar-refractivity contribution in [3.8, 4) is 6.07 Å². The topological polar surface area (TPSA) is 99.8 Å². The smallest absolute Gasteiger partial charge is 0.269 e. The van der Waals surface area contributed by atoms with Crippen LogP contribution in [0.4, 0.5) is 0 Å². The minimum absolute atomic E-state index is 0.0536. The van der Waals surface area contributed by atoms with Crippen LogP contribution in [0.2, 0.25) is 0 Å². The van der Waals surface area contributed by atoms with E-state index in [2.05, 4.69) is 22.8 Å². The largest absolute Gasteiger partial charge is 0.318 e. The maximum atomic E-state index is 12.4. The van der Waals surface area contributed by atoms with E-state index in [9.17, 15) is 9.59 Å². The minimum atomic E-state index is -0.479. The summed E-state index contributed by atoms with van der Waals surface area (Å²) in [5.74, 6) is 0.0177. The number of aromatic nitrogens is 2. The first-order chi connectivity index (χ1) is 13.6. The molecule has 0 aliphatic carbocycles. The Kier molecular flexibility index (Phi) is 6.02. The van der Waals surface area contributed by atoms with Gasteiger partial charge in [0.1, 0.15) is 12.4 Å². The van der Waals surface area contributed by atoms with Gasteiger partial charge in [-0.05, 0) is 36.8 Å². The molecule has 3 rings (SSSR count). The number of carbonyl (C=O) groups is 2. The number of nitriles is 1. The molecule has 2 N–H and O–H groups in total. The zero-order valence-electron chi connectivity index (χ0n) is 15.6. The third kappa shape index (κ3) is 4.35. The van der Waals surface area contributed by atoms with Crippen LogP contribution >= 0.6 is 0 Å². The number of hydrogen-bond acceptors (Lipinski definition) is 4. The number of amides is 2. The molecular weight excluding hydrogens is 354 g/mol. The average molecular weight is 375 g/mol. The van der Waals surface area contributed by atoms with Crippen LogP contribution in [-0.2, 0) is 17.8 Å². The van der Waals surface area contributed by atoms with Gasteiger partial charge >= 0.3 is 0 Å². The molecule has 0 radical (unpaired) electrons. The highest BCUT2D eigenvalue weighted by Crippen LogP contribution is 2.17. The summed E-state index contributed by atoms with van der Waals surface area (Å²) in [6.07, 6.45) is 2.80. The van der Waals surface area contributed by atoms with Crippen LogP contribution in [0.15, 0.2) is 48.5 Å². The SMILES string of the molecule is CCCCc1nc2ccccc2n1CC(=O)NNC(=O)c1cccc(C#N)c1. The fourth-order valence-electron chi connectivity index (χ4n) is 2.94. The quantitative estimate of drug-likeness (QED) is 0.647. The zero-order chi connectivity index (χ0) is 19.9. The lowest BCUT2D eigenvalue weighted by Crippen LogP contribution is -2.43. The summed E-state index contributed by atoms with van der Waals surface area (Å²) in [6.45, 7) is 2.16. The number of nitrogens with one attached hydrogen (secondary N) is 2. The van der Waals surface area contributed by atoms with Gasteiger partial charge in [-0.2, -0.15) is 5.26 Å². The van der Waals surface area contributed by atoms with Crippen molar-refractivity contribution in [1.82, 2.24) is 20.4 Å². The summed E-state index contributed by atoms with van der Waals surface area (Å²) < 4.78 is 1.88. The van der Waals surface area contributed by atoms with Crippen LogP contribution in [-0.4, -0.2) is 21.4 Å². The summed E-state index contributed by atoms with van der Waals surface area (Å²) in [6, 6.07) is 15.9. The van der Waals surface area contributed by atoms with Gasteiger partial charge in [0.15, 0.2) is 0 Å². The standard InChI is InChI=1S/C21H21N5O2/c1-2-3-11-19-23-17-9-4-5-10-18(17)26(19)14-20(27)24-25-21(28)16-8-6-7-15(12-16)13-22/h4-10,12H,2-3,11,14H2,1H3,(H,24,27)(H,25,28). The van der Waals surface area contributed by atoms with Crippen molar-refractivity contribution in [3.63, 3.8) is 0 Å². The van der Waals surface area contributed by atoms with Crippen molar-refractivity contribution in [2.24, 2.45) is 0 Å². The maximum absolute atomic E-state index is 12.4. The highest BCUT2D eigenvalue weighted by atomic mass is 16.2. The lowest BCUT2D eigenvalue weighted by atomic mass is 10.1. The fraction of sp³-hybridized carbons (Fsp3) is 0.238. The first-order valence-corrected chi connectivity index (χ1v) is 9.16. The second-order valence-corrected chi connectivity index (χ2v) is 6.40. The van der Waals surface area contributed by atoms with E-state index in [1.807, 2.05) is 34.9 Å². The van der Waals surface area contributed by atoms with E-state index in [1.165, 1.54) is 6.07 Å². The van der Waals surface area contributed by atoms with Gasteiger partial charge in [-0.15, -0.1) is 0 Å². The molecule has 7 heteroatoms. The summed E-state index contributed by atoms with van der Waals surface area (Å²) in [5, 5.41) is 8.92. The number of para-hydroxylation sites is 2. The van der Waals surface area contributed by atoms with E-state index in [0.29, 0.717) is 11.1 Å². The molecule has 0 bridgehead atoms. The Morgan fingerprint density at radius 3 is 2.75 bits per heavy atom. The van der Waals surface area contributed by atoms with Crippen molar-refractivity contribution < 1.29 is 9.59 Å². The van der Waals surface area contributed by atoms with Gasteiger partial charge in [0, 0.05) is 12.0 Å². The van der Waals surface area contributed by atoms with Gasteiger partial charge in [0.2, 0.25) is 0 Å². The molecule has 7 nitrogen and oxygen atoms in total. The van der Waals surface area contributed by atoms with E-state index >= 15 is 0 Å². The van der Waals surface area contributed by atoms with Crippen LogP contribution in [0, 0.1) is 11.3 Å². The van der Waals surface area contributed by atoms with Gasteiger partial charge in [-0.25, -0.2) is 4.98 Å². The van der Waals surface area contributed by atoms with Gasteiger partial charge in [0.25, 0.3) is 11.8 Å². The summed E-state index contributed by atoms with van der Waals surface area (Å²) >= 11 is 0. The minimum Gasteiger partial charge on any atom is -0.318 e. The molecule has 0 aliphatic heterocycles. The Morgan fingerprint density at radius 2 is 1.96 bits per heavy atom. The molecule has 0 saturated heterocycles. The molecule has 28 heavy (non-hydrogen) atoms. The van der Waals surface area contributed by atoms with Gasteiger partial charge in [0.05, 0.1) is 22.7 Å². The number of hydrogen-bond donors (Lipinski definition) is 2. The van der Waals surface area contributed by atoms with Crippen LogP contribution in [0.5, 0.6) is 0 Å². The Morgan fingerprint density at radius 1 is 1.14 bits per heavy atom. The van der Waals surface area contributed by atoms with Crippen LogP contribution in [0.3, 0.4) is 0 Å². The summed E-state index contributed by atoms with van der Waals surface area (Å²) in [4.78, 5) is 29.2. The predicted molar refractivity (Wildman–Crippen MR) is 105 cm³/mol. The second kappa shape index (κ2) is 8.82. The predicted octanol–water partition coefficient (Wildman–Crippen LogP) is 2.71. The Bertz CT molecular complexity index is 1050. The molecule has 1 aromatic heterocycles. The Labute approximate surface area is 163 Å². The molecule has 0 atom stereocenters. The Hall–Kier alpha value is -3.66. The highest BCUT2D eigenvalue weighted by molar-refractivity contribution is 5.95. The number of nitrogens with zero attached hydrogens (tertiary/aromatic N) is 3. The van der Waals surface area contributed by atoms with Crippen LogP contribution in [0.1, 0.15) is 41.5 Å². The second-order valence-electron chi connectivity index (χ2n) is 6.40. The Balaban J connectivity index is 1.69. The molecule has 2 amide bonds. The first-order valence-electron chi connectivity index (χ1n) is 9.16. The number of benzene rings is 2. The van der Waals surface area contributed by atoms with Crippen LogP contribution in [0.25, 0.3) is 11.0 Å². The van der Waals surface area contributed by atoms with Gasteiger partial charge < -0.3 is 4.57 Å². The van der Waals surface area contributed by atoms with Crippen molar-refractivity contribution in [3.05, 3.63) is 65.5 Å². The van der Waals surface area contributed by atoms with Crippen molar-refractivity contribution in [2.75, 3.05) is 0 Å². The van der Waals surface area contributed by atoms with Crippen molar-refractivity contribution >= 4 is 22.8 Å². The summed E-state index contributed by atoms with van der Waals surface area (Å²) in [5.41, 5.74) is 7.24. The molecule has 0 unspecified atom stereocenters. The molecule has 3 aromatic rings.